The second kappa shape index (κ2) is 7.81. The molecule has 1 aliphatic heterocycles. The van der Waals surface area contributed by atoms with Gasteiger partial charge in [0, 0.05) is 49.5 Å². The molecule has 2 heterocycles. The van der Waals surface area contributed by atoms with E-state index in [0.29, 0.717) is 38.8 Å². The van der Waals surface area contributed by atoms with E-state index in [1.807, 2.05) is 12.1 Å². The van der Waals surface area contributed by atoms with E-state index < -0.39 is 22.4 Å². The van der Waals surface area contributed by atoms with Crippen molar-refractivity contribution in [1.29, 1.82) is 0 Å². The topological polar surface area (TPSA) is 62.5 Å². The third-order valence-electron chi connectivity index (χ3n) is 4.39. The zero-order valence-electron chi connectivity index (χ0n) is 14.1. The lowest BCUT2D eigenvalue weighted by atomic mass is 10.1. The van der Waals surface area contributed by atoms with Crippen molar-refractivity contribution in [3.8, 4) is 0 Å². The fourth-order valence-corrected chi connectivity index (χ4v) is 3.22. The average molecular weight is 445 g/mol. The van der Waals surface area contributed by atoms with Gasteiger partial charge in [-0.3, -0.25) is 20.0 Å². The molecule has 0 aliphatic carbocycles. The van der Waals surface area contributed by atoms with Crippen molar-refractivity contribution in [3.05, 3.63) is 62.4 Å². The van der Waals surface area contributed by atoms with Gasteiger partial charge in [0.1, 0.15) is 5.69 Å². The molecule has 1 fully saturated rings. The van der Waals surface area contributed by atoms with Crippen LogP contribution >= 0.6 is 15.9 Å². The normalized spacial score (nSPS) is 15.8. The van der Waals surface area contributed by atoms with Gasteiger partial charge in [-0.1, -0.05) is 0 Å². The maximum absolute atomic E-state index is 12.8. The SMILES string of the molecule is O=[N+]([O-])c1cc(C(F)(F)F)ccc1N1CCN(Cc2ccc(Br)cn2)CC1. The maximum Gasteiger partial charge on any atom is 0.416 e. The Balaban J connectivity index is 1.70. The Morgan fingerprint density at radius 1 is 1.15 bits per heavy atom. The molecule has 1 aromatic carbocycles. The number of halogens is 4. The standard InChI is InChI=1S/C17H16BrF3N4O2/c18-13-2-3-14(22-10-13)11-23-5-7-24(8-6-23)15-4-1-12(17(19,20)21)9-16(15)25(26)27/h1-4,9-10H,5-8,11H2. The van der Waals surface area contributed by atoms with Crippen LogP contribution in [0.2, 0.25) is 0 Å². The fraction of sp³-hybridized carbons (Fsp3) is 0.353. The summed E-state index contributed by atoms with van der Waals surface area (Å²) < 4.78 is 39.4. The third-order valence-corrected chi connectivity index (χ3v) is 4.86. The molecule has 0 bridgehead atoms. The Hall–Kier alpha value is -2.20. The Morgan fingerprint density at radius 2 is 1.85 bits per heavy atom. The van der Waals surface area contributed by atoms with Gasteiger partial charge in [-0.25, -0.2) is 0 Å². The van der Waals surface area contributed by atoms with Crippen LogP contribution in [0.25, 0.3) is 0 Å². The first kappa shape index (κ1) is 19.6. The molecule has 1 aliphatic rings. The van der Waals surface area contributed by atoms with Crippen molar-refractivity contribution >= 4 is 27.3 Å². The predicted molar refractivity (Wildman–Crippen MR) is 97.5 cm³/mol. The highest BCUT2D eigenvalue weighted by molar-refractivity contribution is 9.10. The molecule has 2 aromatic rings. The van der Waals surface area contributed by atoms with Crippen molar-refractivity contribution in [2.75, 3.05) is 31.1 Å². The Bertz CT molecular complexity index is 822. The molecule has 1 aromatic heterocycles. The summed E-state index contributed by atoms with van der Waals surface area (Å²) in [6, 6.07) is 6.50. The van der Waals surface area contributed by atoms with Gasteiger partial charge < -0.3 is 4.90 Å². The summed E-state index contributed by atoms with van der Waals surface area (Å²) in [6.07, 6.45) is -2.89. The summed E-state index contributed by atoms with van der Waals surface area (Å²) in [6.45, 7) is 2.90. The van der Waals surface area contributed by atoms with E-state index in [0.717, 1.165) is 16.2 Å². The lowest BCUT2D eigenvalue weighted by Crippen LogP contribution is -2.46. The van der Waals surface area contributed by atoms with Crippen molar-refractivity contribution < 1.29 is 18.1 Å². The second-order valence-electron chi connectivity index (χ2n) is 6.19. The summed E-state index contributed by atoms with van der Waals surface area (Å²) in [5.74, 6) is 0. The quantitative estimate of drug-likeness (QED) is 0.524. The number of nitro benzene ring substituents is 1. The molecule has 0 radical (unpaired) electrons. The van der Waals surface area contributed by atoms with Gasteiger partial charge in [-0.2, -0.15) is 13.2 Å². The first-order valence-corrected chi connectivity index (χ1v) is 8.97. The van der Waals surface area contributed by atoms with Crippen molar-refractivity contribution in [3.63, 3.8) is 0 Å². The molecule has 27 heavy (non-hydrogen) atoms. The molecule has 0 amide bonds. The highest BCUT2D eigenvalue weighted by Crippen LogP contribution is 2.36. The molecule has 6 nitrogen and oxygen atoms in total. The highest BCUT2D eigenvalue weighted by Gasteiger charge is 2.34. The smallest absolute Gasteiger partial charge is 0.363 e. The summed E-state index contributed by atoms with van der Waals surface area (Å²) >= 11 is 3.33. The fourth-order valence-electron chi connectivity index (χ4n) is 2.99. The van der Waals surface area contributed by atoms with Crippen LogP contribution in [-0.2, 0) is 12.7 Å². The number of anilines is 1. The maximum atomic E-state index is 12.8. The minimum Gasteiger partial charge on any atom is -0.363 e. The van der Waals surface area contributed by atoms with Gasteiger partial charge in [0.25, 0.3) is 5.69 Å². The lowest BCUT2D eigenvalue weighted by Gasteiger charge is -2.35. The Kier molecular flexibility index (Phi) is 5.66. The van der Waals surface area contributed by atoms with Crippen molar-refractivity contribution in [2.24, 2.45) is 0 Å². The number of nitrogens with zero attached hydrogens (tertiary/aromatic N) is 4. The van der Waals surface area contributed by atoms with E-state index in [1.165, 1.54) is 6.07 Å². The van der Waals surface area contributed by atoms with Gasteiger partial charge in [-0.05, 0) is 40.2 Å². The minimum absolute atomic E-state index is 0.217. The number of hydrogen-bond acceptors (Lipinski definition) is 5. The summed E-state index contributed by atoms with van der Waals surface area (Å²) in [5, 5.41) is 11.3. The van der Waals surface area contributed by atoms with E-state index in [9.17, 15) is 23.3 Å². The number of alkyl halides is 3. The van der Waals surface area contributed by atoms with E-state index in [1.54, 1.807) is 11.1 Å². The van der Waals surface area contributed by atoms with Crippen LogP contribution in [0.4, 0.5) is 24.5 Å². The van der Waals surface area contributed by atoms with Gasteiger partial charge >= 0.3 is 6.18 Å². The van der Waals surface area contributed by atoms with E-state index >= 15 is 0 Å². The van der Waals surface area contributed by atoms with Gasteiger partial charge in [0.2, 0.25) is 0 Å². The molecule has 1 saturated heterocycles. The van der Waals surface area contributed by atoms with Crippen LogP contribution < -0.4 is 4.90 Å². The van der Waals surface area contributed by atoms with Gasteiger partial charge in [0.05, 0.1) is 16.2 Å². The minimum atomic E-state index is -4.61. The van der Waals surface area contributed by atoms with Gasteiger partial charge in [0.15, 0.2) is 0 Å². The number of piperazine rings is 1. The monoisotopic (exact) mass is 444 g/mol. The summed E-state index contributed by atoms with van der Waals surface area (Å²) in [5.41, 5.74) is -0.410. The zero-order chi connectivity index (χ0) is 19.6. The second-order valence-corrected chi connectivity index (χ2v) is 7.10. The summed E-state index contributed by atoms with van der Waals surface area (Å²) in [4.78, 5) is 18.7. The average Bonchev–Trinajstić information content (AvgIpc) is 2.63. The molecule has 0 saturated carbocycles. The first-order valence-electron chi connectivity index (χ1n) is 8.17. The van der Waals surface area contributed by atoms with Crippen LogP contribution in [0.3, 0.4) is 0 Å². The van der Waals surface area contributed by atoms with E-state index in [4.69, 9.17) is 0 Å². The zero-order valence-corrected chi connectivity index (χ0v) is 15.7. The number of pyridine rings is 1. The number of nitro groups is 1. The Morgan fingerprint density at radius 3 is 2.41 bits per heavy atom. The number of rotatable bonds is 4. The molecule has 10 heteroatoms. The van der Waals surface area contributed by atoms with Gasteiger partial charge in [-0.15, -0.1) is 0 Å². The molecular formula is C17H16BrF3N4O2. The molecule has 0 spiro atoms. The van der Waals surface area contributed by atoms with Crippen molar-refractivity contribution in [2.45, 2.75) is 12.7 Å². The van der Waals surface area contributed by atoms with Crippen LogP contribution in [0.5, 0.6) is 0 Å². The molecule has 3 rings (SSSR count). The molecule has 0 atom stereocenters. The van der Waals surface area contributed by atoms with E-state index in [-0.39, 0.29) is 5.69 Å². The van der Waals surface area contributed by atoms with E-state index in [2.05, 4.69) is 25.8 Å². The van der Waals surface area contributed by atoms with Crippen LogP contribution in [0.1, 0.15) is 11.3 Å². The largest absolute Gasteiger partial charge is 0.416 e. The lowest BCUT2D eigenvalue weighted by molar-refractivity contribution is -0.384. The molecule has 0 unspecified atom stereocenters. The highest BCUT2D eigenvalue weighted by atomic mass is 79.9. The third kappa shape index (κ3) is 4.75. The first-order chi connectivity index (χ1) is 12.7. The molecule has 0 N–H and O–H groups in total. The van der Waals surface area contributed by atoms with Crippen molar-refractivity contribution in [1.82, 2.24) is 9.88 Å². The number of aromatic nitrogens is 1. The number of hydrogen-bond donors (Lipinski definition) is 0. The van der Waals surface area contributed by atoms with Crippen LogP contribution in [0.15, 0.2) is 41.0 Å². The summed E-state index contributed by atoms with van der Waals surface area (Å²) in [7, 11) is 0. The van der Waals surface area contributed by atoms with Crippen LogP contribution in [0, 0.1) is 10.1 Å². The molecule has 144 valence electrons. The predicted octanol–water partition coefficient (Wildman–Crippen LogP) is 4.09. The Labute approximate surface area is 161 Å². The molecular weight excluding hydrogens is 429 g/mol. The number of benzene rings is 1. The van der Waals surface area contributed by atoms with Crippen LogP contribution in [-0.4, -0.2) is 41.0 Å².